The molecule has 9 heteroatoms. The fourth-order valence-electron chi connectivity index (χ4n) is 3.25. The van der Waals surface area contributed by atoms with Crippen LogP contribution < -0.4 is 5.32 Å². The van der Waals surface area contributed by atoms with Crippen molar-refractivity contribution >= 4 is 81.4 Å². The van der Waals surface area contributed by atoms with Crippen molar-refractivity contribution in [1.29, 1.82) is 0 Å². The molecule has 1 aliphatic heterocycles. The number of amides is 2. The van der Waals surface area contributed by atoms with Crippen molar-refractivity contribution in [3.63, 3.8) is 0 Å². The molecule has 6 atom stereocenters. The van der Waals surface area contributed by atoms with Crippen LogP contribution >= 0.6 is 69.6 Å². The Morgan fingerprint density at radius 3 is 1.50 bits per heavy atom. The Balaban J connectivity index is 2.30. The van der Waals surface area contributed by atoms with Crippen molar-refractivity contribution in [1.82, 2.24) is 5.32 Å². The van der Waals surface area contributed by atoms with Gasteiger partial charge in [-0.3, -0.25) is 14.9 Å². The van der Waals surface area contributed by atoms with Gasteiger partial charge >= 0.3 is 0 Å². The lowest BCUT2D eigenvalue weighted by Gasteiger charge is -2.35. The number of carbonyl (C=O) groups is 2. The highest BCUT2D eigenvalue weighted by Crippen LogP contribution is 2.75. The summed E-state index contributed by atoms with van der Waals surface area (Å²) in [4.78, 5) is 20.5. The van der Waals surface area contributed by atoms with Crippen molar-refractivity contribution in [3.05, 3.63) is 0 Å². The van der Waals surface area contributed by atoms with E-state index in [0.29, 0.717) is 0 Å². The third-order valence-corrected chi connectivity index (χ3v) is 8.76. The Morgan fingerprint density at radius 2 is 1.17 bits per heavy atom. The van der Waals surface area contributed by atoms with Gasteiger partial charge in [-0.2, -0.15) is 0 Å². The first-order chi connectivity index (χ1) is 8.11. The number of rotatable bonds is 0. The number of hydrogen-bond donors (Lipinski definition) is 1. The molecule has 18 heavy (non-hydrogen) atoms. The van der Waals surface area contributed by atoms with Gasteiger partial charge in [-0.15, -0.1) is 46.4 Å². The topological polar surface area (TPSA) is 46.2 Å². The Kier molecular flexibility index (Phi) is 2.73. The molecule has 0 aromatic rings. The van der Waals surface area contributed by atoms with Gasteiger partial charge in [0.1, 0.15) is 9.75 Å². The van der Waals surface area contributed by atoms with E-state index in [1.54, 1.807) is 0 Å². The smallest absolute Gasteiger partial charge is 0.232 e. The lowest BCUT2D eigenvalue weighted by molar-refractivity contribution is -0.126. The molecule has 3 fully saturated rings. The molecule has 100 valence electrons. The predicted octanol–water partition coefficient (Wildman–Crippen LogP) is 2.25. The number of hydrogen-bond acceptors (Lipinski definition) is 2. The quantitative estimate of drug-likeness (QED) is 0.524. The number of alkyl halides is 6. The maximum Gasteiger partial charge on any atom is 0.232 e. The minimum atomic E-state index is -1.77. The molecule has 2 amide bonds. The summed E-state index contributed by atoms with van der Waals surface area (Å²) in [6, 6.07) is 0. The summed E-state index contributed by atoms with van der Waals surface area (Å²) in [6.45, 7) is 0. The van der Waals surface area contributed by atoms with Crippen molar-refractivity contribution in [2.45, 2.75) is 24.8 Å². The van der Waals surface area contributed by atoms with Crippen molar-refractivity contribution in [3.8, 4) is 0 Å². The Labute approximate surface area is 132 Å². The van der Waals surface area contributed by atoms with E-state index in [9.17, 15) is 9.59 Å². The molecule has 2 aliphatic carbocycles. The van der Waals surface area contributed by atoms with Crippen LogP contribution in [0.15, 0.2) is 0 Å². The average Bonchev–Trinajstić information content (AvgIpc) is 2.68. The molecule has 2 saturated carbocycles. The minimum Gasteiger partial charge on any atom is -0.296 e. The van der Waals surface area contributed by atoms with Crippen LogP contribution in [0, 0.1) is 11.8 Å². The molecule has 1 heterocycles. The summed E-state index contributed by atoms with van der Waals surface area (Å²) in [6.07, 6.45) is 0. The summed E-state index contributed by atoms with van der Waals surface area (Å²) in [5, 5.41) is 0.318. The van der Waals surface area contributed by atoms with Crippen molar-refractivity contribution < 1.29 is 9.59 Å². The molecule has 0 aromatic carbocycles. The molecule has 3 nitrogen and oxygen atoms in total. The zero-order chi connectivity index (χ0) is 13.7. The molecule has 6 unspecified atom stereocenters. The molecular formula is C9H5Cl6NO2. The maximum atomic E-state index is 11.8. The highest BCUT2D eigenvalue weighted by atomic mass is 35.5. The van der Waals surface area contributed by atoms with E-state index in [2.05, 4.69) is 5.32 Å². The van der Waals surface area contributed by atoms with Gasteiger partial charge in [0, 0.05) is 0 Å². The first kappa shape index (κ1) is 13.8. The van der Waals surface area contributed by atoms with Crippen LogP contribution in [-0.4, -0.2) is 36.7 Å². The van der Waals surface area contributed by atoms with E-state index in [1.807, 2.05) is 0 Å². The number of halogens is 6. The fraction of sp³-hybridized carbons (Fsp3) is 0.778. The highest BCUT2D eigenvalue weighted by Gasteiger charge is 2.89. The van der Waals surface area contributed by atoms with Gasteiger partial charge in [0.05, 0.1) is 22.6 Å². The van der Waals surface area contributed by atoms with Gasteiger partial charge in [-0.05, 0) is 0 Å². The molecule has 0 spiro atoms. The largest absolute Gasteiger partial charge is 0.296 e. The van der Waals surface area contributed by atoms with Gasteiger partial charge < -0.3 is 0 Å². The Morgan fingerprint density at radius 1 is 0.833 bits per heavy atom. The summed E-state index contributed by atoms with van der Waals surface area (Å²) >= 11 is 37.6. The second kappa shape index (κ2) is 3.55. The number of carbonyl (C=O) groups excluding carboxylic acids is 2. The molecule has 3 aliphatic rings. The van der Waals surface area contributed by atoms with Crippen LogP contribution in [0.25, 0.3) is 0 Å². The van der Waals surface area contributed by atoms with Gasteiger partial charge in [0.15, 0.2) is 4.33 Å². The maximum absolute atomic E-state index is 11.8. The first-order valence-electron chi connectivity index (χ1n) is 5.00. The molecule has 2 bridgehead atoms. The molecule has 0 radical (unpaired) electrons. The lowest BCUT2D eigenvalue weighted by Crippen LogP contribution is -2.51. The van der Waals surface area contributed by atoms with E-state index in [-0.39, 0.29) is 0 Å². The van der Waals surface area contributed by atoms with E-state index in [0.717, 1.165) is 0 Å². The van der Waals surface area contributed by atoms with E-state index < -0.39 is 48.5 Å². The van der Waals surface area contributed by atoms with Crippen LogP contribution in [0.5, 0.6) is 0 Å². The molecule has 1 N–H and O–H groups in total. The summed E-state index contributed by atoms with van der Waals surface area (Å²) in [5.41, 5.74) is 0. The van der Waals surface area contributed by atoms with Gasteiger partial charge in [0.25, 0.3) is 0 Å². The van der Waals surface area contributed by atoms with Gasteiger partial charge in [-0.1, -0.05) is 23.2 Å². The number of fused-ring (bicyclic) bond motifs is 5. The van der Waals surface area contributed by atoms with Crippen molar-refractivity contribution in [2.75, 3.05) is 0 Å². The number of nitrogens with one attached hydrogen (secondary N) is 1. The zero-order valence-corrected chi connectivity index (χ0v) is 12.9. The Bertz CT molecular complexity index is 444. The predicted molar refractivity (Wildman–Crippen MR) is 71.0 cm³/mol. The normalized spacial score (nSPS) is 56.8. The van der Waals surface area contributed by atoms with Crippen LogP contribution in [0.4, 0.5) is 0 Å². The van der Waals surface area contributed by atoms with Gasteiger partial charge in [-0.25, -0.2) is 0 Å². The summed E-state index contributed by atoms with van der Waals surface area (Å²) in [5.74, 6) is -3.09. The molecule has 3 rings (SSSR count). The lowest BCUT2D eigenvalue weighted by atomic mass is 9.79. The summed E-state index contributed by atoms with van der Waals surface area (Å²) < 4.78 is -1.77. The van der Waals surface area contributed by atoms with Crippen LogP contribution in [-0.2, 0) is 9.59 Å². The number of imide groups is 1. The third kappa shape index (κ3) is 1.08. The average molecular weight is 372 g/mol. The fourth-order valence-corrected chi connectivity index (χ4v) is 6.60. The second-order valence-electron chi connectivity index (χ2n) is 4.72. The standard InChI is InChI=1S/C9H5Cl6NO2/c10-3-4(11)8(13)2-1(5(17)16-6(2)18)7(3,12)9(8,14)15/h1-4H,(H,16,17,18). The second-order valence-corrected chi connectivity index (χ2v) is 8.24. The molecule has 1 saturated heterocycles. The van der Waals surface area contributed by atoms with E-state index in [4.69, 9.17) is 69.6 Å². The summed E-state index contributed by atoms with van der Waals surface area (Å²) in [7, 11) is 0. The SMILES string of the molecule is O=C1NC(=O)C2C1C1(Cl)C(Cl)C(Cl)C2(Cl)C1(Cl)Cl. The van der Waals surface area contributed by atoms with Crippen LogP contribution in [0.3, 0.4) is 0 Å². The monoisotopic (exact) mass is 369 g/mol. The minimum absolute atomic E-state index is 0.567. The van der Waals surface area contributed by atoms with E-state index in [1.165, 1.54) is 0 Å². The Hall–Kier alpha value is 0.880. The van der Waals surface area contributed by atoms with Gasteiger partial charge in [0.2, 0.25) is 11.8 Å². The highest BCUT2D eigenvalue weighted by molar-refractivity contribution is 6.63. The van der Waals surface area contributed by atoms with Crippen LogP contribution in [0.1, 0.15) is 0 Å². The first-order valence-corrected chi connectivity index (χ1v) is 7.38. The molecule has 0 aromatic heterocycles. The van der Waals surface area contributed by atoms with Crippen molar-refractivity contribution in [2.24, 2.45) is 11.8 Å². The van der Waals surface area contributed by atoms with Crippen LogP contribution in [0.2, 0.25) is 0 Å². The van der Waals surface area contributed by atoms with E-state index >= 15 is 0 Å². The zero-order valence-electron chi connectivity index (χ0n) is 8.39. The molecular weight excluding hydrogens is 367 g/mol. The third-order valence-electron chi connectivity index (χ3n) is 4.07.